The summed E-state index contributed by atoms with van der Waals surface area (Å²) in [5.74, 6) is -3.72. The number of methoxy groups -OCH3 is 1. The molecule has 0 unspecified atom stereocenters. The number of ether oxygens (including phenoxy) is 1. The summed E-state index contributed by atoms with van der Waals surface area (Å²) in [7, 11) is 0.580. The van der Waals surface area contributed by atoms with E-state index in [1.807, 2.05) is 5.32 Å². The largest absolute Gasteiger partial charge is 0.467 e. The van der Waals surface area contributed by atoms with Crippen LogP contribution in [0.25, 0.3) is 0 Å². The van der Waals surface area contributed by atoms with Crippen molar-refractivity contribution in [1.82, 2.24) is 0 Å². The highest BCUT2D eigenvalue weighted by molar-refractivity contribution is 6.35. The van der Waals surface area contributed by atoms with E-state index in [0.717, 1.165) is 24.3 Å². The molecular weight excluding hydrogens is 361 g/mol. The number of hydrogen-bond acceptors (Lipinski definition) is 6. The zero-order valence-corrected chi connectivity index (χ0v) is 12.6. The molecule has 1 amide bonds. The molecule has 1 rings (SSSR count). The van der Waals surface area contributed by atoms with Crippen LogP contribution in [-0.4, -0.2) is 46.2 Å². The van der Waals surface area contributed by atoms with Crippen LogP contribution in [-0.2, 0) is 14.3 Å². The minimum atomic E-state index is -5.58. The van der Waals surface area contributed by atoms with Crippen LogP contribution in [0.1, 0.15) is 0 Å². The molecule has 0 radical (unpaired) electrons. The second-order valence-corrected chi connectivity index (χ2v) is 4.85. The third-order valence-corrected chi connectivity index (χ3v) is 3.39. The van der Waals surface area contributed by atoms with Gasteiger partial charge in [-0.3, -0.25) is 14.9 Å². The van der Waals surface area contributed by atoms with Crippen molar-refractivity contribution in [3.8, 4) is 0 Å². The van der Waals surface area contributed by atoms with Crippen LogP contribution in [0.2, 0.25) is 0 Å². The molecule has 0 bridgehead atoms. The van der Waals surface area contributed by atoms with Crippen LogP contribution in [0.3, 0.4) is 0 Å². The number of hydrogen-bond donors (Lipinski definition) is 2. The van der Waals surface area contributed by atoms with Gasteiger partial charge in [-0.15, -0.1) is 11.6 Å². The summed E-state index contributed by atoms with van der Waals surface area (Å²) in [5, 5.41) is 19.2. The molecule has 0 spiro atoms. The number of benzene rings is 1. The highest BCUT2D eigenvalue weighted by Gasteiger charge is 2.67. The lowest BCUT2D eigenvalue weighted by atomic mass is 9.98. The monoisotopic (exact) mass is 370 g/mol. The lowest BCUT2D eigenvalue weighted by Crippen LogP contribution is -2.62. The molecule has 0 saturated heterocycles. The minimum Gasteiger partial charge on any atom is -0.467 e. The molecule has 12 heteroatoms. The van der Waals surface area contributed by atoms with Gasteiger partial charge in [0.1, 0.15) is 0 Å². The maximum atomic E-state index is 12.9. The summed E-state index contributed by atoms with van der Waals surface area (Å²) >= 11 is 5.34. The Hall–Kier alpha value is -2.40. The molecule has 132 valence electrons. The molecule has 8 nitrogen and oxygen atoms in total. The van der Waals surface area contributed by atoms with Crippen molar-refractivity contribution < 1.29 is 37.5 Å². The van der Waals surface area contributed by atoms with Crippen LogP contribution in [0.4, 0.5) is 24.5 Å². The number of nitro groups is 1. The molecule has 0 aliphatic rings. The minimum absolute atomic E-state index is 0.134. The number of aliphatic hydroxyl groups is 1. The number of rotatable bonds is 5. The molecule has 0 aliphatic heterocycles. The number of halogens is 4. The summed E-state index contributed by atoms with van der Waals surface area (Å²) in [5.41, 5.74) is -4.73. The van der Waals surface area contributed by atoms with E-state index in [4.69, 9.17) is 11.6 Å². The van der Waals surface area contributed by atoms with Crippen LogP contribution in [0.5, 0.6) is 0 Å². The zero-order chi connectivity index (χ0) is 18.7. The Balaban J connectivity index is 3.03. The van der Waals surface area contributed by atoms with Gasteiger partial charge in [0, 0.05) is 17.8 Å². The highest BCUT2D eigenvalue weighted by Crippen LogP contribution is 2.37. The molecule has 2 atom stereocenters. The Morgan fingerprint density at radius 2 is 1.83 bits per heavy atom. The average molecular weight is 371 g/mol. The molecule has 0 aliphatic carbocycles. The number of nitro benzene ring substituents is 1. The third-order valence-electron chi connectivity index (χ3n) is 2.87. The van der Waals surface area contributed by atoms with Crippen LogP contribution in [0, 0.1) is 10.1 Å². The fraction of sp³-hybridized carbons (Fsp3) is 0.333. The fourth-order valence-corrected chi connectivity index (χ4v) is 1.85. The molecule has 0 aromatic heterocycles. The van der Waals surface area contributed by atoms with E-state index in [0.29, 0.717) is 7.11 Å². The second-order valence-electron chi connectivity index (χ2n) is 4.41. The van der Waals surface area contributed by atoms with Gasteiger partial charge < -0.3 is 15.2 Å². The molecule has 1 aromatic rings. The SMILES string of the molecule is COC(=O)[C@@](O)([C@@H](Cl)C(=O)Nc1ccc([N+](=O)[O-])cc1)C(F)(F)F. The lowest BCUT2D eigenvalue weighted by molar-refractivity contribution is -0.384. The maximum Gasteiger partial charge on any atom is 0.430 e. The number of carbonyl (C=O) groups is 2. The van der Waals surface area contributed by atoms with Gasteiger partial charge in [0.25, 0.3) is 11.3 Å². The summed E-state index contributed by atoms with van der Waals surface area (Å²) in [6.07, 6.45) is -5.58. The van der Waals surface area contributed by atoms with E-state index in [1.54, 1.807) is 0 Å². The average Bonchev–Trinajstić information content (AvgIpc) is 2.51. The Morgan fingerprint density at radius 3 is 2.21 bits per heavy atom. The number of alkyl halides is 4. The zero-order valence-electron chi connectivity index (χ0n) is 11.8. The third kappa shape index (κ3) is 3.74. The van der Waals surface area contributed by atoms with Crippen molar-refractivity contribution in [2.75, 3.05) is 12.4 Å². The van der Waals surface area contributed by atoms with Gasteiger partial charge in [-0.05, 0) is 12.1 Å². The van der Waals surface area contributed by atoms with Crippen LogP contribution in [0.15, 0.2) is 24.3 Å². The van der Waals surface area contributed by atoms with Gasteiger partial charge in [-0.25, -0.2) is 4.79 Å². The highest BCUT2D eigenvalue weighted by atomic mass is 35.5. The van der Waals surface area contributed by atoms with Gasteiger partial charge >= 0.3 is 12.1 Å². The van der Waals surface area contributed by atoms with Crippen molar-refractivity contribution >= 4 is 34.9 Å². The van der Waals surface area contributed by atoms with Crippen molar-refractivity contribution in [2.45, 2.75) is 17.2 Å². The van der Waals surface area contributed by atoms with Crippen LogP contribution >= 0.6 is 11.6 Å². The Kier molecular flexibility index (Phi) is 5.74. The summed E-state index contributed by atoms with van der Waals surface area (Å²) < 4.78 is 42.7. The number of nitrogens with one attached hydrogen (secondary N) is 1. The topological polar surface area (TPSA) is 119 Å². The van der Waals surface area contributed by atoms with Crippen molar-refractivity contribution in [3.63, 3.8) is 0 Å². The van der Waals surface area contributed by atoms with E-state index in [1.165, 1.54) is 0 Å². The number of carbonyl (C=O) groups excluding carboxylic acids is 2. The standard InChI is InChI=1S/C12H10ClF3N2O6/c1-24-10(20)11(21,12(14,15)16)8(13)9(19)17-6-2-4-7(5-3-6)18(22)23/h2-5,8,21H,1H3,(H,17,19)/t8-,11-/m0/s1. The van der Waals surface area contributed by atoms with E-state index in [2.05, 4.69) is 4.74 Å². The fourth-order valence-electron chi connectivity index (χ4n) is 1.58. The Bertz CT molecular complexity index is 651. The molecule has 0 heterocycles. The van der Waals surface area contributed by atoms with Crippen LogP contribution < -0.4 is 5.32 Å². The quantitative estimate of drug-likeness (QED) is 0.352. The molecule has 24 heavy (non-hydrogen) atoms. The molecule has 0 saturated carbocycles. The second kappa shape index (κ2) is 7.01. The normalized spacial score (nSPS) is 15.1. The summed E-state index contributed by atoms with van der Waals surface area (Å²) in [4.78, 5) is 32.8. The van der Waals surface area contributed by atoms with Crippen molar-refractivity contribution in [2.24, 2.45) is 0 Å². The number of amides is 1. The molecule has 0 fully saturated rings. The summed E-state index contributed by atoms with van der Waals surface area (Å²) in [6.45, 7) is 0. The maximum absolute atomic E-state index is 12.9. The van der Waals surface area contributed by atoms with Gasteiger partial charge in [-0.1, -0.05) is 0 Å². The van der Waals surface area contributed by atoms with E-state index in [-0.39, 0.29) is 11.4 Å². The Labute approximate surface area is 137 Å². The summed E-state index contributed by atoms with van der Waals surface area (Å²) in [6, 6.07) is 4.03. The first-order valence-electron chi connectivity index (χ1n) is 6.02. The predicted molar refractivity (Wildman–Crippen MR) is 74.4 cm³/mol. The number of esters is 1. The number of nitrogens with zero attached hydrogens (tertiary/aromatic N) is 1. The van der Waals surface area contributed by atoms with Gasteiger partial charge in [-0.2, -0.15) is 13.2 Å². The molecule has 2 N–H and O–H groups in total. The molecule has 1 aromatic carbocycles. The first kappa shape index (κ1) is 19.6. The lowest BCUT2D eigenvalue weighted by Gasteiger charge is -2.30. The van der Waals surface area contributed by atoms with E-state index < -0.39 is 34.0 Å². The van der Waals surface area contributed by atoms with E-state index >= 15 is 0 Å². The van der Waals surface area contributed by atoms with Gasteiger partial charge in [0.2, 0.25) is 5.91 Å². The Morgan fingerprint density at radius 1 is 1.33 bits per heavy atom. The van der Waals surface area contributed by atoms with E-state index in [9.17, 15) is 38.0 Å². The first-order valence-corrected chi connectivity index (χ1v) is 6.45. The smallest absolute Gasteiger partial charge is 0.430 e. The predicted octanol–water partition coefficient (Wildman–Crippen LogP) is 1.61. The number of non-ortho nitro benzene ring substituents is 1. The van der Waals surface area contributed by atoms with Gasteiger partial charge in [0.15, 0.2) is 5.38 Å². The van der Waals surface area contributed by atoms with Gasteiger partial charge in [0.05, 0.1) is 12.0 Å². The molecular formula is C12H10ClF3N2O6. The van der Waals surface area contributed by atoms with Crippen molar-refractivity contribution in [3.05, 3.63) is 34.4 Å². The first-order chi connectivity index (χ1) is 10.9. The van der Waals surface area contributed by atoms with Crippen molar-refractivity contribution in [1.29, 1.82) is 0 Å². The number of anilines is 1.